The van der Waals surface area contributed by atoms with Crippen LogP contribution in [0.3, 0.4) is 0 Å². The Balaban J connectivity index is 1.38. The lowest BCUT2D eigenvalue weighted by atomic mass is 10.1. The number of anilines is 2. The van der Waals surface area contributed by atoms with Gasteiger partial charge < -0.3 is 15.5 Å². The van der Waals surface area contributed by atoms with E-state index >= 15 is 0 Å². The lowest BCUT2D eigenvalue weighted by molar-refractivity contribution is -0.129. The van der Waals surface area contributed by atoms with Crippen LogP contribution in [0.1, 0.15) is 49.4 Å². The van der Waals surface area contributed by atoms with Gasteiger partial charge in [-0.05, 0) is 49.3 Å². The fourth-order valence-electron chi connectivity index (χ4n) is 4.00. The molecule has 2 N–H and O–H groups in total. The molecule has 1 aromatic heterocycles. The van der Waals surface area contributed by atoms with Gasteiger partial charge in [-0.25, -0.2) is 0 Å². The molecule has 3 aliphatic rings. The Labute approximate surface area is 166 Å². The Hall–Kier alpha value is -2.34. The van der Waals surface area contributed by atoms with Crippen LogP contribution in [0.25, 0.3) is 0 Å². The minimum Gasteiger partial charge on any atom is -0.338 e. The first-order valence-electron chi connectivity index (χ1n) is 10.6. The molecule has 1 aliphatic heterocycles. The maximum Gasteiger partial charge on any atom is 0.219 e. The summed E-state index contributed by atoms with van der Waals surface area (Å²) >= 11 is 0. The van der Waals surface area contributed by atoms with Crippen molar-refractivity contribution >= 4 is 17.4 Å². The van der Waals surface area contributed by atoms with Gasteiger partial charge in [0.25, 0.3) is 0 Å². The molecule has 0 bridgehead atoms. The lowest BCUT2D eigenvalue weighted by Gasteiger charge is -2.26. The predicted octanol–water partition coefficient (Wildman–Crippen LogP) is 3.19. The normalized spacial score (nSPS) is 18.8. The number of aromatic nitrogens is 2. The summed E-state index contributed by atoms with van der Waals surface area (Å²) in [6, 6.07) is 9.27. The highest BCUT2D eigenvalue weighted by Gasteiger charge is 2.29. The zero-order valence-corrected chi connectivity index (χ0v) is 16.6. The fourth-order valence-corrected chi connectivity index (χ4v) is 4.00. The highest BCUT2D eigenvalue weighted by atomic mass is 16.2. The number of fused-ring (bicyclic) bond motifs is 1. The van der Waals surface area contributed by atoms with Crippen molar-refractivity contribution in [3.8, 4) is 0 Å². The molecule has 2 aromatic rings. The predicted molar refractivity (Wildman–Crippen MR) is 109 cm³/mol. The Morgan fingerprint density at radius 1 is 1.25 bits per heavy atom. The van der Waals surface area contributed by atoms with Crippen molar-refractivity contribution in [3.63, 3.8) is 0 Å². The number of carbonyl (C=O) groups excluding carboxylic acids is 1. The first kappa shape index (κ1) is 17.7. The Kier molecular flexibility index (Phi) is 4.59. The summed E-state index contributed by atoms with van der Waals surface area (Å²) in [6.07, 6.45) is 6.12. The van der Waals surface area contributed by atoms with Crippen LogP contribution < -0.4 is 10.6 Å². The second-order valence-electron chi connectivity index (χ2n) is 8.57. The highest BCUT2D eigenvalue weighted by molar-refractivity contribution is 5.74. The number of amides is 1. The van der Waals surface area contributed by atoms with E-state index in [9.17, 15) is 4.79 Å². The Morgan fingerprint density at radius 3 is 2.86 bits per heavy atom. The molecule has 6 nitrogen and oxygen atoms in total. The van der Waals surface area contributed by atoms with Crippen LogP contribution in [0, 0.1) is 5.92 Å². The van der Waals surface area contributed by atoms with E-state index in [4.69, 9.17) is 5.10 Å². The van der Waals surface area contributed by atoms with E-state index in [1.54, 1.807) is 6.92 Å². The highest BCUT2D eigenvalue weighted by Crippen LogP contribution is 2.34. The molecule has 2 fully saturated rings. The molecule has 2 saturated carbocycles. The number of carbonyl (C=O) groups is 1. The smallest absolute Gasteiger partial charge is 0.219 e. The molecule has 0 atom stereocenters. The molecule has 2 heterocycles. The van der Waals surface area contributed by atoms with Crippen molar-refractivity contribution in [1.82, 2.24) is 20.0 Å². The molecule has 1 aromatic carbocycles. The average molecular weight is 380 g/mol. The topological polar surface area (TPSA) is 62.2 Å². The second kappa shape index (κ2) is 7.24. The Morgan fingerprint density at radius 2 is 2.11 bits per heavy atom. The molecular formula is C22H29N5O. The van der Waals surface area contributed by atoms with E-state index in [2.05, 4.69) is 39.6 Å². The molecular weight excluding hydrogens is 350 g/mol. The Bertz CT molecular complexity index is 881. The van der Waals surface area contributed by atoms with Crippen molar-refractivity contribution in [1.29, 1.82) is 0 Å². The average Bonchev–Trinajstić information content (AvgIpc) is 3.61. The van der Waals surface area contributed by atoms with Gasteiger partial charge in [0.1, 0.15) is 0 Å². The van der Waals surface area contributed by atoms with E-state index in [-0.39, 0.29) is 5.91 Å². The minimum absolute atomic E-state index is 0.139. The second-order valence-corrected chi connectivity index (χ2v) is 8.57. The summed E-state index contributed by atoms with van der Waals surface area (Å²) in [7, 11) is 0. The van der Waals surface area contributed by atoms with Crippen molar-refractivity contribution in [2.24, 2.45) is 5.92 Å². The van der Waals surface area contributed by atoms with Crippen LogP contribution in [0.5, 0.6) is 0 Å². The number of nitrogens with one attached hydrogen (secondary N) is 2. The molecule has 2 aliphatic carbocycles. The third kappa shape index (κ3) is 3.92. The molecule has 28 heavy (non-hydrogen) atoms. The van der Waals surface area contributed by atoms with Gasteiger partial charge in [0.2, 0.25) is 5.91 Å². The van der Waals surface area contributed by atoms with Gasteiger partial charge in [-0.2, -0.15) is 5.10 Å². The van der Waals surface area contributed by atoms with Gasteiger partial charge in [0.05, 0.1) is 6.54 Å². The van der Waals surface area contributed by atoms with Crippen LogP contribution in [0.15, 0.2) is 24.3 Å². The maximum atomic E-state index is 11.9. The lowest BCUT2D eigenvalue weighted by Crippen LogP contribution is -2.34. The summed E-state index contributed by atoms with van der Waals surface area (Å²) in [5.41, 5.74) is 4.84. The van der Waals surface area contributed by atoms with E-state index in [0.29, 0.717) is 12.6 Å². The van der Waals surface area contributed by atoms with Crippen LogP contribution >= 0.6 is 0 Å². The van der Waals surface area contributed by atoms with E-state index in [1.807, 2.05) is 4.90 Å². The summed E-state index contributed by atoms with van der Waals surface area (Å²) < 4.78 is 2.20. The molecule has 1 amide bonds. The monoisotopic (exact) mass is 379 g/mol. The maximum absolute atomic E-state index is 11.9. The first-order chi connectivity index (χ1) is 13.7. The van der Waals surface area contributed by atoms with Gasteiger partial charge >= 0.3 is 0 Å². The van der Waals surface area contributed by atoms with Crippen molar-refractivity contribution in [3.05, 3.63) is 41.1 Å². The minimum atomic E-state index is 0.139. The summed E-state index contributed by atoms with van der Waals surface area (Å²) in [5.74, 6) is 1.83. The molecule has 6 heteroatoms. The van der Waals surface area contributed by atoms with Crippen molar-refractivity contribution in [2.45, 2.75) is 64.7 Å². The fraction of sp³-hybridized carbons (Fsp3) is 0.545. The summed E-state index contributed by atoms with van der Waals surface area (Å²) in [4.78, 5) is 13.8. The van der Waals surface area contributed by atoms with Gasteiger partial charge in [-0.3, -0.25) is 9.48 Å². The van der Waals surface area contributed by atoms with E-state index in [1.165, 1.54) is 42.5 Å². The van der Waals surface area contributed by atoms with Gasteiger partial charge in [0, 0.05) is 56.0 Å². The third-order valence-corrected chi connectivity index (χ3v) is 6.07. The number of hydrogen-bond donors (Lipinski definition) is 2. The SMILES string of the molecule is CC(=O)N1CCc2c(c(Nc3cccc(CNC4CC4)c3)nn2CC2CC2)C1. The van der Waals surface area contributed by atoms with Crippen LogP contribution in [-0.2, 0) is 30.8 Å². The number of rotatable bonds is 7. The number of benzene rings is 1. The molecule has 0 saturated heterocycles. The van der Waals surface area contributed by atoms with Crippen molar-refractivity contribution in [2.75, 3.05) is 11.9 Å². The van der Waals surface area contributed by atoms with Crippen LogP contribution in [0.2, 0.25) is 0 Å². The molecule has 148 valence electrons. The quantitative estimate of drug-likeness (QED) is 0.776. The third-order valence-electron chi connectivity index (χ3n) is 6.07. The van der Waals surface area contributed by atoms with E-state index < -0.39 is 0 Å². The van der Waals surface area contributed by atoms with Gasteiger partial charge in [-0.1, -0.05) is 12.1 Å². The molecule has 0 spiro atoms. The number of nitrogens with zero attached hydrogens (tertiary/aromatic N) is 3. The van der Waals surface area contributed by atoms with Gasteiger partial charge in [-0.15, -0.1) is 0 Å². The van der Waals surface area contributed by atoms with Crippen molar-refractivity contribution < 1.29 is 4.79 Å². The first-order valence-corrected chi connectivity index (χ1v) is 10.6. The summed E-state index contributed by atoms with van der Waals surface area (Å²) in [6.45, 7) is 5.02. The van der Waals surface area contributed by atoms with Crippen LogP contribution in [-0.4, -0.2) is 33.2 Å². The zero-order valence-electron chi connectivity index (χ0n) is 16.6. The van der Waals surface area contributed by atoms with Gasteiger partial charge in [0.15, 0.2) is 5.82 Å². The standard InChI is InChI=1S/C22H29N5O/c1-15(28)26-10-9-21-20(14-26)22(25-27(21)13-16-5-6-16)24-19-4-2-3-17(11-19)12-23-18-7-8-18/h2-4,11,16,18,23H,5-10,12-14H2,1H3,(H,24,25). The summed E-state index contributed by atoms with van der Waals surface area (Å²) in [5, 5.41) is 12.1. The number of hydrogen-bond acceptors (Lipinski definition) is 4. The van der Waals surface area contributed by atoms with Crippen LogP contribution in [0.4, 0.5) is 11.5 Å². The molecule has 5 rings (SSSR count). The largest absolute Gasteiger partial charge is 0.338 e. The molecule has 0 radical (unpaired) electrons. The zero-order chi connectivity index (χ0) is 19.1. The molecule has 0 unspecified atom stereocenters. The van der Waals surface area contributed by atoms with E-state index in [0.717, 1.165) is 43.5 Å².